The van der Waals surface area contributed by atoms with Crippen molar-refractivity contribution < 1.29 is 24.9 Å². The van der Waals surface area contributed by atoms with Crippen LogP contribution in [0.25, 0.3) is 0 Å². The standard InChI is InChI=1S/C35H64O5/c1-3-5-7-9-11-13-15-17-19-21-23-25-27-29-32(37)35(40,34(39)31-36)33(38)30-28-26-24-22-20-18-16-14-12-10-8-6-4-2/h13-16,34,36,39-40H,3-12,17-31H2,1-2H3/b15-13-,16-14-. The molecular formula is C35H64O5. The highest BCUT2D eigenvalue weighted by Gasteiger charge is 2.48. The molecule has 1 atom stereocenters. The number of unbranched alkanes of at least 4 members (excludes halogenated alkanes) is 18. The highest BCUT2D eigenvalue weighted by molar-refractivity contribution is 6.10. The summed E-state index contributed by atoms with van der Waals surface area (Å²) >= 11 is 0. The van der Waals surface area contributed by atoms with Crippen LogP contribution in [-0.2, 0) is 9.59 Å². The summed E-state index contributed by atoms with van der Waals surface area (Å²) in [6.07, 6.45) is 31.6. The zero-order valence-electron chi connectivity index (χ0n) is 26.2. The summed E-state index contributed by atoms with van der Waals surface area (Å²) in [4.78, 5) is 25.6. The van der Waals surface area contributed by atoms with Gasteiger partial charge in [-0.1, -0.05) is 115 Å². The van der Waals surface area contributed by atoms with E-state index in [2.05, 4.69) is 38.2 Å². The summed E-state index contributed by atoms with van der Waals surface area (Å²) in [5.74, 6) is -1.32. The molecular weight excluding hydrogens is 500 g/mol. The Morgan fingerprint density at radius 1 is 0.550 bits per heavy atom. The average molecular weight is 565 g/mol. The van der Waals surface area contributed by atoms with E-state index in [4.69, 9.17) is 0 Å². The molecule has 0 aliphatic carbocycles. The predicted octanol–water partition coefficient (Wildman–Crippen LogP) is 8.72. The van der Waals surface area contributed by atoms with Gasteiger partial charge in [0.2, 0.25) is 5.60 Å². The molecule has 0 amide bonds. The van der Waals surface area contributed by atoms with Crippen molar-refractivity contribution in [2.45, 2.75) is 180 Å². The zero-order valence-corrected chi connectivity index (χ0v) is 26.2. The molecule has 0 saturated carbocycles. The van der Waals surface area contributed by atoms with Gasteiger partial charge in [0.1, 0.15) is 6.10 Å². The third-order valence-corrected chi connectivity index (χ3v) is 7.84. The number of rotatable bonds is 30. The molecule has 1 unspecified atom stereocenters. The molecule has 0 radical (unpaired) electrons. The van der Waals surface area contributed by atoms with E-state index >= 15 is 0 Å². The molecule has 0 heterocycles. The number of carbonyl (C=O) groups excluding carboxylic acids is 2. The van der Waals surface area contributed by atoms with Gasteiger partial charge in [-0.15, -0.1) is 0 Å². The van der Waals surface area contributed by atoms with Crippen LogP contribution < -0.4 is 0 Å². The average Bonchev–Trinajstić information content (AvgIpc) is 2.96. The number of aliphatic hydroxyl groups excluding tert-OH is 2. The van der Waals surface area contributed by atoms with Crippen LogP contribution in [0.2, 0.25) is 0 Å². The van der Waals surface area contributed by atoms with E-state index in [-0.39, 0.29) is 12.8 Å². The van der Waals surface area contributed by atoms with Crippen molar-refractivity contribution in [3.05, 3.63) is 24.3 Å². The first kappa shape index (κ1) is 38.7. The van der Waals surface area contributed by atoms with Crippen LogP contribution in [0.15, 0.2) is 24.3 Å². The number of carbonyl (C=O) groups is 2. The molecule has 40 heavy (non-hydrogen) atoms. The van der Waals surface area contributed by atoms with E-state index in [1.165, 1.54) is 64.2 Å². The lowest BCUT2D eigenvalue weighted by Gasteiger charge is -2.29. The van der Waals surface area contributed by atoms with Crippen LogP contribution in [0.4, 0.5) is 0 Å². The highest BCUT2D eigenvalue weighted by atomic mass is 16.4. The summed E-state index contributed by atoms with van der Waals surface area (Å²) in [5.41, 5.74) is -2.49. The maximum absolute atomic E-state index is 12.8. The Kier molecular flexibility index (Phi) is 26.9. The molecule has 0 aromatic heterocycles. The van der Waals surface area contributed by atoms with E-state index in [1.807, 2.05) is 0 Å². The number of Topliss-reactive ketones (excluding diaryl/α,β-unsaturated/α-hetero) is 2. The molecule has 0 spiro atoms. The maximum Gasteiger partial charge on any atom is 0.209 e. The largest absolute Gasteiger partial charge is 0.394 e. The van der Waals surface area contributed by atoms with Gasteiger partial charge in [0.05, 0.1) is 6.61 Å². The summed E-state index contributed by atoms with van der Waals surface area (Å²) in [7, 11) is 0. The fourth-order valence-electron chi connectivity index (χ4n) is 5.05. The van der Waals surface area contributed by atoms with E-state index in [0.29, 0.717) is 12.8 Å². The van der Waals surface area contributed by atoms with Crippen LogP contribution in [-0.4, -0.2) is 45.2 Å². The van der Waals surface area contributed by atoms with Gasteiger partial charge in [-0.2, -0.15) is 0 Å². The molecule has 0 rings (SSSR count). The molecule has 0 saturated heterocycles. The van der Waals surface area contributed by atoms with Gasteiger partial charge in [-0.3, -0.25) is 9.59 Å². The van der Waals surface area contributed by atoms with Crippen LogP contribution >= 0.6 is 0 Å². The second kappa shape index (κ2) is 27.8. The Balaban J connectivity index is 4.10. The van der Waals surface area contributed by atoms with Gasteiger partial charge in [-0.05, 0) is 64.2 Å². The Hall–Kier alpha value is -1.30. The monoisotopic (exact) mass is 564 g/mol. The molecule has 0 aliphatic heterocycles. The Bertz CT molecular complexity index is 606. The molecule has 0 bridgehead atoms. The highest BCUT2D eigenvalue weighted by Crippen LogP contribution is 2.22. The number of hydrogen-bond acceptors (Lipinski definition) is 5. The van der Waals surface area contributed by atoms with E-state index < -0.39 is 29.9 Å². The molecule has 5 nitrogen and oxygen atoms in total. The molecule has 0 aliphatic rings. The van der Waals surface area contributed by atoms with Gasteiger partial charge in [0.25, 0.3) is 0 Å². The lowest BCUT2D eigenvalue weighted by atomic mass is 9.82. The quantitative estimate of drug-likeness (QED) is 0.0461. The van der Waals surface area contributed by atoms with Crippen LogP contribution in [0.5, 0.6) is 0 Å². The van der Waals surface area contributed by atoms with E-state index in [9.17, 15) is 24.9 Å². The molecule has 0 fully saturated rings. The van der Waals surface area contributed by atoms with Gasteiger partial charge < -0.3 is 15.3 Å². The minimum atomic E-state index is -2.49. The summed E-state index contributed by atoms with van der Waals surface area (Å²) in [5, 5.41) is 30.5. The summed E-state index contributed by atoms with van der Waals surface area (Å²) in [6.45, 7) is 3.64. The molecule has 0 aromatic rings. The van der Waals surface area contributed by atoms with Crippen LogP contribution in [0.3, 0.4) is 0 Å². The van der Waals surface area contributed by atoms with Crippen molar-refractivity contribution in [1.82, 2.24) is 0 Å². The Morgan fingerprint density at radius 3 is 1.18 bits per heavy atom. The smallest absolute Gasteiger partial charge is 0.209 e. The lowest BCUT2D eigenvalue weighted by molar-refractivity contribution is -0.166. The minimum absolute atomic E-state index is 0.0447. The Morgan fingerprint density at radius 2 is 0.850 bits per heavy atom. The first-order chi connectivity index (χ1) is 19.4. The van der Waals surface area contributed by atoms with Gasteiger partial charge in [-0.25, -0.2) is 0 Å². The number of ketones is 2. The number of hydrogen-bond donors (Lipinski definition) is 3. The lowest BCUT2D eigenvalue weighted by Crippen LogP contribution is -2.57. The predicted molar refractivity (Wildman–Crippen MR) is 168 cm³/mol. The first-order valence-electron chi connectivity index (χ1n) is 16.8. The fraction of sp³-hybridized carbons (Fsp3) is 0.829. The van der Waals surface area contributed by atoms with E-state index in [0.717, 1.165) is 64.2 Å². The van der Waals surface area contributed by atoms with Crippen molar-refractivity contribution in [1.29, 1.82) is 0 Å². The van der Waals surface area contributed by atoms with Crippen LogP contribution in [0, 0.1) is 0 Å². The molecule has 0 aromatic carbocycles. The molecule has 3 N–H and O–H groups in total. The second-order valence-electron chi connectivity index (χ2n) is 11.6. The van der Waals surface area contributed by atoms with Gasteiger partial charge in [0, 0.05) is 12.8 Å². The topological polar surface area (TPSA) is 94.8 Å². The van der Waals surface area contributed by atoms with Crippen molar-refractivity contribution >= 4 is 11.6 Å². The van der Waals surface area contributed by atoms with E-state index in [1.54, 1.807) is 0 Å². The third kappa shape index (κ3) is 19.7. The SMILES string of the molecule is CCCCCC/C=C\CCCCCCCC(=O)C(O)(C(=O)CCCCCCC/C=C\CCCCCC)C(O)CO. The van der Waals surface area contributed by atoms with Crippen molar-refractivity contribution in [2.24, 2.45) is 0 Å². The van der Waals surface area contributed by atoms with Crippen molar-refractivity contribution in [2.75, 3.05) is 6.61 Å². The summed E-state index contributed by atoms with van der Waals surface area (Å²) < 4.78 is 0. The maximum atomic E-state index is 12.8. The fourth-order valence-corrected chi connectivity index (χ4v) is 5.05. The minimum Gasteiger partial charge on any atom is -0.394 e. The second-order valence-corrected chi connectivity index (χ2v) is 11.6. The van der Waals surface area contributed by atoms with Crippen molar-refractivity contribution in [3.63, 3.8) is 0 Å². The van der Waals surface area contributed by atoms with Gasteiger partial charge in [0.15, 0.2) is 11.6 Å². The Labute approximate surface area is 246 Å². The molecule has 234 valence electrons. The normalized spacial score (nSPS) is 13.0. The van der Waals surface area contributed by atoms with Gasteiger partial charge >= 0.3 is 0 Å². The number of aliphatic hydroxyl groups is 3. The number of allylic oxidation sites excluding steroid dienone is 4. The molecule has 5 heteroatoms. The van der Waals surface area contributed by atoms with Crippen molar-refractivity contribution in [3.8, 4) is 0 Å². The summed E-state index contributed by atoms with van der Waals surface area (Å²) in [6, 6.07) is 0. The zero-order chi connectivity index (χ0) is 29.7. The third-order valence-electron chi connectivity index (χ3n) is 7.84. The van der Waals surface area contributed by atoms with Crippen LogP contribution in [0.1, 0.15) is 168 Å². The first-order valence-corrected chi connectivity index (χ1v) is 16.8.